The number of hydrogen-bond donors (Lipinski definition) is 1. The van der Waals surface area contributed by atoms with E-state index in [1.165, 1.54) is 0 Å². The van der Waals surface area contributed by atoms with Crippen molar-refractivity contribution in [3.63, 3.8) is 0 Å². The molecule has 0 saturated heterocycles. The van der Waals surface area contributed by atoms with Crippen molar-refractivity contribution in [3.8, 4) is 11.4 Å². The number of hydrogen-bond acceptors (Lipinski definition) is 4. The van der Waals surface area contributed by atoms with Gasteiger partial charge >= 0.3 is 0 Å². The number of nitrogens with zero attached hydrogens (tertiary/aromatic N) is 3. The molecule has 0 amide bonds. The fourth-order valence-corrected chi connectivity index (χ4v) is 1.90. The van der Waals surface area contributed by atoms with Crippen molar-refractivity contribution < 1.29 is 4.74 Å². The molecule has 0 aliphatic heterocycles. The Morgan fingerprint density at radius 3 is 2.67 bits per heavy atom. The lowest BCUT2D eigenvalue weighted by molar-refractivity contribution is 0.414. The topological polar surface area (TPSA) is 66.0 Å². The van der Waals surface area contributed by atoms with Crippen LogP contribution in [0.5, 0.6) is 5.75 Å². The number of benzene rings is 1. The molecule has 0 bridgehead atoms. The normalized spacial score (nSPS) is 11.6. The van der Waals surface area contributed by atoms with E-state index in [2.05, 4.69) is 26.2 Å². The lowest BCUT2D eigenvalue weighted by atomic mass is 10.0. The molecule has 6 heteroatoms. The van der Waals surface area contributed by atoms with Gasteiger partial charge < -0.3 is 10.5 Å². The minimum absolute atomic E-state index is 0.510. The van der Waals surface area contributed by atoms with Crippen LogP contribution in [0.1, 0.15) is 19.5 Å². The van der Waals surface area contributed by atoms with E-state index in [1.807, 2.05) is 38.2 Å². The van der Waals surface area contributed by atoms with Crippen molar-refractivity contribution in [2.75, 3.05) is 7.11 Å². The molecule has 2 aromatic rings. The standard InChI is InChI=1S/C12H15BrN4O/c1-12(2,14)11-7-17(16-15-11)10-6-8(18-3)4-5-9(10)13/h4-7H,14H2,1-3H3. The lowest BCUT2D eigenvalue weighted by Crippen LogP contribution is -2.29. The summed E-state index contributed by atoms with van der Waals surface area (Å²) in [6.07, 6.45) is 1.82. The third kappa shape index (κ3) is 2.54. The summed E-state index contributed by atoms with van der Waals surface area (Å²) in [4.78, 5) is 0. The molecule has 0 aliphatic rings. The van der Waals surface area contributed by atoms with Gasteiger partial charge in [-0.2, -0.15) is 0 Å². The van der Waals surface area contributed by atoms with Crippen molar-refractivity contribution in [3.05, 3.63) is 34.6 Å². The number of nitrogens with two attached hydrogens (primary N) is 1. The molecule has 1 aromatic carbocycles. The molecule has 96 valence electrons. The minimum Gasteiger partial charge on any atom is -0.497 e. The summed E-state index contributed by atoms with van der Waals surface area (Å²) in [6, 6.07) is 5.66. The lowest BCUT2D eigenvalue weighted by Gasteiger charge is -2.13. The minimum atomic E-state index is -0.510. The van der Waals surface area contributed by atoms with Crippen molar-refractivity contribution in [2.45, 2.75) is 19.4 Å². The first-order chi connectivity index (χ1) is 8.41. The molecular formula is C12H15BrN4O. The average molecular weight is 311 g/mol. The Kier molecular flexibility index (Phi) is 3.41. The first-order valence-corrected chi connectivity index (χ1v) is 6.27. The molecule has 0 spiro atoms. The van der Waals surface area contributed by atoms with E-state index >= 15 is 0 Å². The maximum absolute atomic E-state index is 5.99. The molecule has 0 aliphatic carbocycles. The third-order valence-electron chi connectivity index (χ3n) is 2.55. The summed E-state index contributed by atoms with van der Waals surface area (Å²) >= 11 is 3.48. The predicted molar refractivity (Wildman–Crippen MR) is 72.8 cm³/mol. The van der Waals surface area contributed by atoms with Gasteiger partial charge in [0.2, 0.25) is 0 Å². The van der Waals surface area contributed by atoms with Crippen LogP contribution in [0.25, 0.3) is 5.69 Å². The molecular weight excluding hydrogens is 296 g/mol. The Hall–Kier alpha value is -1.40. The van der Waals surface area contributed by atoms with Gasteiger partial charge in [-0.05, 0) is 41.9 Å². The van der Waals surface area contributed by atoms with Crippen molar-refractivity contribution >= 4 is 15.9 Å². The zero-order valence-electron chi connectivity index (χ0n) is 10.5. The van der Waals surface area contributed by atoms with Gasteiger partial charge in [0.1, 0.15) is 11.4 Å². The van der Waals surface area contributed by atoms with Gasteiger partial charge in [-0.25, -0.2) is 4.68 Å². The number of rotatable bonds is 3. The highest BCUT2D eigenvalue weighted by molar-refractivity contribution is 9.10. The molecule has 1 aromatic heterocycles. The Bertz CT molecular complexity index is 559. The van der Waals surface area contributed by atoms with E-state index in [4.69, 9.17) is 10.5 Å². The van der Waals surface area contributed by atoms with Crippen LogP contribution in [0, 0.1) is 0 Å². The predicted octanol–water partition coefficient (Wildman–Crippen LogP) is 2.23. The van der Waals surface area contributed by atoms with Crippen molar-refractivity contribution in [1.29, 1.82) is 0 Å². The van der Waals surface area contributed by atoms with Gasteiger partial charge in [0, 0.05) is 10.5 Å². The molecule has 0 unspecified atom stereocenters. The molecule has 5 nitrogen and oxygen atoms in total. The zero-order chi connectivity index (χ0) is 13.3. The largest absolute Gasteiger partial charge is 0.497 e. The van der Waals surface area contributed by atoms with Crippen LogP contribution < -0.4 is 10.5 Å². The summed E-state index contributed by atoms with van der Waals surface area (Å²) in [6.45, 7) is 3.78. The molecule has 0 saturated carbocycles. The number of ether oxygens (including phenoxy) is 1. The summed E-state index contributed by atoms with van der Waals surface area (Å²) in [5.74, 6) is 0.761. The van der Waals surface area contributed by atoms with Crippen LogP contribution in [0.4, 0.5) is 0 Å². The molecule has 0 fully saturated rings. The number of halogens is 1. The average Bonchev–Trinajstić information content (AvgIpc) is 2.78. The molecule has 18 heavy (non-hydrogen) atoms. The molecule has 1 heterocycles. The van der Waals surface area contributed by atoms with Gasteiger partial charge in [-0.15, -0.1) is 5.10 Å². The highest BCUT2D eigenvalue weighted by atomic mass is 79.9. The van der Waals surface area contributed by atoms with Crippen molar-refractivity contribution in [1.82, 2.24) is 15.0 Å². The van der Waals surface area contributed by atoms with E-state index in [9.17, 15) is 0 Å². The molecule has 0 atom stereocenters. The Morgan fingerprint density at radius 1 is 1.39 bits per heavy atom. The summed E-state index contributed by atoms with van der Waals surface area (Å²) in [5.41, 5.74) is 7.07. The highest BCUT2D eigenvalue weighted by Gasteiger charge is 2.19. The highest BCUT2D eigenvalue weighted by Crippen LogP contribution is 2.26. The summed E-state index contributed by atoms with van der Waals surface area (Å²) in [7, 11) is 1.63. The van der Waals surface area contributed by atoms with Crippen LogP contribution in [-0.4, -0.2) is 22.1 Å². The van der Waals surface area contributed by atoms with Crippen LogP contribution in [0.2, 0.25) is 0 Å². The Balaban J connectivity index is 2.45. The second kappa shape index (κ2) is 4.70. The quantitative estimate of drug-likeness (QED) is 0.944. The third-order valence-corrected chi connectivity index (χ3v) is 3.22. The second-order valence-corrected chi connectivity index (χ2v) is 5.44. The van der Waals surface area contributed by atoms with E-state index in [-0.39, 0.29) is 0 Å². The van der Waals surface area contributed by atoms with E-state index in [0.29, 0.717) is 0 Å². The molecule has 2 rings (SSSR count). The first-order valence-electron chi connectivity index (χ1n) is 5.47. The smallest absolute Gasteiger partial charge is 0.121 e. The maximum Gasteiger partial charge on any atom is 0.121 e. The summed E-state index contributed by atoms with van der Waals surface area (Å²) < 4.78 is 7.79. The van der Waals surface area contributed by atoms with Crippen LogP contribution in [-0.2, 0) is 5.54 Å². The van der Waals surface area contributed by atoms with Gasteiger partial charge in [0.25, 0.3) is 0 Å². The van der Waals surface area contributed by atoms with Gasteiger partial charge in [-0.1, -0.05) is 5.21 Å². The number of aromatic nitrogens is 3. The van der Waals surface area contributed by atoms with Gasteiger partial charge in [0.05, 0.1) is 24.5 Å². The van der Waals surface area contributed by atoms with Gasteiger partial charge in [-0.3, -0.25) is 0 Å². The van der Waals surface area contributed by atoms with E-state index in [1.54, 1.807) is 11.8 Å². The second-order valence-electron chi connectivity index (χ2n) is 4.59. The SMILES string of the molecule is COc1ccc(Br)c(-n2cc(C(C)(C)N)nn2)c1. The van der Waals surface area contributed by atoms with E-state index < -0.39 is 5.54 Å². The molecule has 2 N–H and O–H groups in total. The fraction of sp³-hybridized carbons (Fsp3) is 0.333. The Morgan fingerprint density at radius 2 is 2.11 bits per heavy atom. The van der Waals surface area contributed by atoms with Crippen LogP contribution in [0.15, 0.2) is 28.9 Å². The first kappa shape index (κ1) is 13.0. The van der Waals surface area contributed by atoms with Crippen LogP contribution >= 0.6 is 15.9 Å². The molecule has 0 radical (unpaired) electrons. The zero-order valence-corrected chi connectivity index (χ0v) is 12.1. The van der Waals surface area contributed by atoms with Crippen molar-refractivity contribution in [2.24, 2.45) is 5.73 Å². The maximum atomic E-state index is 5.99. The van der Waals surface area contributed by atoms with E-state index in [0.717, 1.165) is 21.6 Å². The number of methoxy groups -OCH3 is 1. The summed E-state index contributed by atoms with van der Waals surface area (Å²) in [5, 5.41) is 8.18. The fourth-order valence-electron chi connectivity index (χ4n) is 1.47. The van der Waals surface area contributed by atoms with Gasteiger partial charge in [0.15, 0.2) is 0 Å². The monoisotopic (exact) mass is 310 g/mol. The Labute approximate surface area is 114 Å². The van der Waals surface area contributed by atoms with Crippen LogP contribution in [0.3, 0.4) is 0 Å².